The molecule has 12 heteroatoms. The zero-order valence-corrected chi connectivity index (χ0v) is 31.4. The molecule has 0 aliphatic carbocycles. The molecule has 1 aromatic heterocycles. The quantitative estimate of drug-likeness (QED) is 0.102. The highest BCUT2D eigenvalue weighted by Crippen LogP contribution is 2.43. The highest BCUT2D eigenvalue weighted by molar-refractivity contribution is 5.97. The number of hydrogen-bond donors (Lipinski definition) is 2. The van der Waals surface area contributed by atoms with Gasteiger partial charge < -0.3 is 34.4 Å². The van der Waals surface area contributed by atoms with Crippen LogP contribution in [-0.2, 0) is 22.0 Å². The number of amides is 1. The van der Waals surface area contributed by atoms with Gasteiger partial charge in [-0.3, -0.25) is 0 Å². The third-order valence-electron chi connectivity index (χ3n) is 10.6. The number of ether oxygens (including phenoxy) is 3. The van der Waals surface area contributed by atoms with Crippen LogP contribution in [0, 0.1) is 12.8 Å². The molecule has 3 aromatic carbocycles. The first kappa shape index (κ1) is 39.2. The van der Waals surface area contributed by atoms with Gasteiger partial charge in [-0.05, 0) is 68.9 Å². The van der Waals surface area contributed by atoms with Gasteiger partial charge in [-0.2, -0.15) is 5.10 Å². The fraction of sp³-hybridized carbons (Fsp3) is 0.500. The molecule has 1 amide bonds. The van der Waals surface area contributed by atoms with Crippen LogP contribution < -0.4 is 15.0 Å². The van der Waals surface area contributed by atoms with E-state index in [2.05, 4.69) is 44.7 Å². The summed E-state index contributed by atoms with van der Waals surface area (Å²) in [7, 11) is 0. The number of anilines is 2. The van der Waals surface area contributed by atoms with Crippen LogP contribution >= 0.6 is 0 Å². The van der Waals surface area contributed by atoms with E-state index in [1.807, 2.05) is 38.1 Å². The maximum absolute atomic E-state index is 15.8. The Morgan fingerprint density at radius 3 is 2.39 bits per heavy atom. The highest BCUT2D eigenvalue weighted by Gasteiger charge is 2.43. The SMILES string of the molecule is Cc1nnc(NC(C)c2cccc(C(F)(F)C3CCN(C(=O)O)CC3)c2)c2cc(N3CCOCC3)c(OCCCCCCCOCc3ccccc3)cc12. The van der Waals surface area contributed by atoms with Crippen LogP contribution in [0.1, 0.15) is 80.3 Å². The zero-order chi connectivity index (χ0) is 37.9. The molecule has 0 spiro atoms. The maximum atomic E-state index is 15.8. The number of carbonyl (C=O) groups is 1. The third-order valence-corrected chi connectivity index (χ3v) is 10.6. The second-order valence-electron chi connectivity index (χ2n) is 14.4. The average molecular weight is 746 g/mol. The van der Waals surface area contributed by atoms with E-state index in [9.17, 15) is 9.90 Å². The number of rotatable bonds is 17. The van der Waals surface area contributed by atoms with Gasteiger partial charge in [0.05, 0.1) is 43.9 Å². The molecule has 2 saturated heterocycles. The molecule has 2 aliphatic rings. The predicted octanol–water partition coefficient (Wildman–Crippen LogP) is 8.98. The number of carboxylic acid groups (broad SMARTS) is 1. The lowest BCUT2D eigenvalue weighted by molar-refractivity contribution is -0.0836. The normalized spacial score (nSPS) is 16.1. The Morgan fingerprint density at radius 2 is 1.65 bits per heavy atom. The van der Waals surface area contributed by atoms with Crippen LogP contribution in [0.3, 0.4) is 0 Å². The van der Waals surface area contributed by atoms with Crippen LogP contribution in [0.4, 0.5) is 25.1 Å². The topological polar surface area (TPSA) is 109 Å². The van der Waals surface area contributed by atoms with Gasteiger partial charge in [-0.25, -0.2) is 13.6 Å². The second kappa shape index (κ2) is 18.7. The number of unbranched alkanes of at least 4 members (excludes halogenated alkanes) is 4. The zero-order valence-electron chi connectivity index (χ0n) is 31.4. The first-order valence-electron chi connectivity index (χ1n) is 19.3. The Bertz CT molecular complexity index is 1820. The van der Waals surface area contributed by atoms with Crippen molar-refractivity contribution < 1.29 is 32.9 Å². The molecule has 10 nitrogen and oxygen atoms in total. The number of morpholine rings is 1. The molecular formula is C42H53F2N5O5. The Kier molecular flexibility index (Phi) is 13.5. The van der Waals surface area contributed by atoms with Crippen molar-refractivity contribution in [3.63, 3.8) is 0 Å². The summed E-state index contributed by atoms with van der Waals surface area (Å²) in [4.78, 5) is 14.8. The standard InChI is InChI=1S/C42H53F2N5O5/c1-30(33-14-11-15-35(26-33)42(43,44)34-16-18-49(19-17-34)41(50)51)45-40-37-27-38(48-20-24-52-25-21-48)39(28-36(37)31(2)46-47-40)54-23-10-5-3-4-9-22-53-29-32-12-7-6-8-13-32/h6-8,11-15,26-28,30,34H,3-5,9-10,16-25,29H2,1-2H3,(H,45,47)(H,50,51). The van der Waals surface area contributed by atoms with Crippen molar-refractivity contribution in [2.24, 2.45) is 5.92 Å². The summed E-state index contributed by atoms with van der Waals surface area (Å²) in [6, 6.07) is 20.6. The summed E-state index contributed by atoms with van der Waals surface area (Å²) < 4.78 is 49.5. The van der Waals surface area contributed by atoms with Crippen molar-refractivity contribution in [1.82, 2.24) is 15.1 Å². The molecule has 3 heterocycles. The van der Waals surface area contributed by atoms with Gasteiger partial charge in [-0.1, -0.05) is 67.8 Å². The number of aryl methyl sites for hydroxylation is 1. The summed E-state index contributed by atoms with van der Waals surface area (Å²) in [5, 5.41) is 23.5. The predicted molar refractivity (Wildman–Crippen MR) is 207 cm³/mol. The summed E-state index contributed by atoms with van der Waals surface area (Å²) in [6.07, 6.45) is 4.48. The number of halogens is 2. The largest absolute Gasteiger partial charge is 0.491 e. The molecule has 0 radical (unpaired) electrons. The lowest BCUT2D eigenvalue weighted by atomic mass is 9.85. The Balaban J connectivity index is 1.10. The monoisotopic (exact) mass is 745 g/mol. The summed E-state index contributed by atoms with van der Waals surface area (Å²) in [6.45, 7) is 8.82. The van der Waals surface area contributed by atoms with E-state index in [4.69, 9.17) is 14.2 Å². The van der Waals surface area contributed by atoms with Crippen LogP contribution in [-0.4, -0.2) is 78.9 Å². The number of likely N-dealkylation sites (tertiary alicyclic amines) is 1. The molecule has 0 saturated carbocycles. The second-order valence-corrected chi connectivity index (χ2v) is 14.4. The van der Waals surface area contributed by atoms with Crippen molar-refractivity contribution in [3.05, 3.63) is 89.1 Å². The van der Waals surface area contributed by atoms with E-state index in [1.54, 1.807) is 12.1 Å². The maximum Gasteiger partial charge on any atom is 0.407 e. The smallest absolute Gasteiger partial charge is 0.407 e. The molecule has 2 N–H and O–H groups in total. The third kappa shape index (κ3) is 9.95. The minimum atomic E-state index is -3.09. The number of aromatic nitrogens is 2. The van der Waals surface area contributed by atoms with Crippen molar-refractivity contribution in [1.29, 1.82) is 0 Å². The van der Waals surface area contributed by atoms with Crippen LogP contribution in [0.2, 0.25) is 0 Å². The molecule has 2 aliphatic heterocycles. The van der Waals surface area contributed by atoms with E-state index in [1.165, 1.54) is 16.5 Å². The first-order chi connectivity index (χ1) is 26.2. The lowest BCUT2D eigenvalue weighted by Crippen LogP contribution is -2.41. The van der Waals surface area contributed by atoms with Gasteiger partial charge >= 0.3 is 6.09 Å². The van der Waals surface area contributed by atoms with E-state index in [0.29, 0.717) is 37.8 Å². The van der Waals surface area contributed by atoms with Gasteiger partial charge in [0.25, 0.3) is 5.92 Å². The number of benzene rings is 3. The van der Waals surface area contributed by atoms with Crippen molar-refractivity contribution in [3.8, 4) is 5.75 Å². The molecule has 290 valence electrons. The van der Waals surface area contributed by atoms with Crippen molar-refractivity contribution >= 4 is 28.4 Å². The lowest BCUT2D eigenvalue weighted by Gasteiger charge is -2.35. The molecule has 1 unspecified atom stereocenters. The number of hydrogen-bond acceptors (Lipinski definition) is 8. The summed E-state index contributed by atoms with van der Waals surface area (Å²) in [5.41, 5.74) is 3.57. The molecule has 0 bridgehead atoms. The van der Waals surface area contributed by atoms with Crippen LogP contribution in [0.25, 0.3) is 10.8 Å². The molecule has 6 rings (SSSR count). The molecule has 4 aromatic rings. The number of alkyl halides is 2. The van der Waals surface area contributed by atoms with Gasteiger partial charge in [0.15, 0.2) is 5.82 Å². The van der Waals surface area contributed by atoms with E-state index >= 15 is 8.78 Å². The fourth-order valence-corrected chi connectivity index (χ4v) is 7.33. The van der Waals surface area contributed by atoms with Crippen molar-refractivity contribution in [2.45, 2.75) is 77.4 Å². The molecular weight excluding hydrogens is 692 g/mol. The highest BCUT2D eigenvalue weighted by atomic mass is 19.3. The average Bonchev–Trinajstić information content (AvgIpc) is 3.20. The van der Waals surface area contributed by atoms with Crippen LogP contribution in [0.15, 0.2) is 66.7 Å². The molecule has 54 heavy (non-hydrogen) atoms. The van der Waals surface area contributed by atoms with E-state index in [-0.39, 0.29) is 37.5 Å². The molecule has 1 atom stereocenters. The first-order valence-corrected chi connectivity index (χ1v) is 19.3. The van der Waals surface area contributed by atoms with Crippen molar-refractivity contribution in [2.75, 3.05) is 62.8 Å². The number of fused-ring (bicyclic) bond motifs is 1. The summed E-state index contributed by atoms with van der Waals surface area (Å²) in [5.74, 6) is -2.64. The van der Waals surface area contributed by atoms with E-state index in [0.717, 1.165) is 79.7 Å². The van der Waals surface area contributed by atoms with Gasteiger partial charge in [0.1, 0.15) is 5.75 Å². The van der Waals surface area contributed by atoms with E-state index < -0.39 is 17.9 Å². The fourth-order valence-electron chi connectivity index (χ4n) is 7.33. The Hall–Kier alpha value is -4.55. The number of piperidine rings is 1. The minimum absolute atomic E-state index is 0.0634. The van der Waals surface area contributed by atoms with Crippen LogP contribution in [0.5, 0.6) is 5.75 Å². The van der Waals surface area contributed by atoms with Gasteiger partial charge in [-0.15, -0.1) is 5.10 Å². The Labute approximate surface area is 316 Å². The number of nitrogens with zero attached hydrogens (tertiary/aromatic N) is 4. The van der Waals surface area contributed by atoms with Gasteiger partial charge in [0.2, 0.25) is 0 Å². The van der Waals surface area contributed by atoms with Gasteiger partial charge in [0, 0.05) is 55.0 Å². The summed E-state index contributed by atoms with van der Waals surface area (Å²) >= 11 is 0. The minimum Gasteiger partial charge on any atom is -0.491 e. The Morgan fingerprint density at radius 1 is 0.926 bits per heavy atom. The number of nitrogens with one attached hydrogen (secondary N) is 1. The molecule has 2 fully saturated rings.